The van der Waals surface area contributed by atoms with Crippen LogP contribution in [0.4, 0.5) is 0 Å². The maximum atomic E-state index is 9.95. The minimum absolute atomic E-state index is 0.126. The van der Waals surface area contributed by atoms with Crippen molar-refractivity contribution in [3.05, 3.63) is 23.8 Å². The largest absolute Gasteiger partial charge is 0.497 e. The fourth-order valence-electron chi connectivity index (χ4n) is 1.87. The van der Waals surface area contributed by atoms with Crippen molar-refractivity contribution in [1.82, 2.24) is 0 Å². The second-order valence-corrected chi connectivity index (χ2v) is 3.80. The van der Waals surface area contributed by atoms with Gasteiger partial charge in [0.25, 0.3) is 0 Å². The maximum absolute atomic E-state index is 9.95. The second kappa shape index (κ2) is 4.11. The average Bonchev–Trinajstić information content (AvgIpc) is 2.28. The first-order valence-corrected chi connectivity index (χ1v) is 5.27. The summed E-state index contributed by atoms with van der Waals surface area (Å²) in [5.41, 5.74) is 0.832. The topological polar surface area (TPSA) is 38.7 Å². The predicted molar refractivity (Wildman–Crippen MR) is 57.3 cm³/mol. The van der Waals surface area contributed by atoms with E-state index in [0.29, 0.717) is 6.42 Å². The number of methoxy groups -OCH3 is 1. The number of hydrogen-bond acceptors (Lipinski definition) is 3. The van der Waals surface area contributed by atoms with Crippen molar-refractivity contribution in [2.24, 2.45) is 0 Å². The molecule has 0 radical (unpaired) electrons. The third-order valence-corrected chi connectivity index (χ3v) is 2.81. The molecule has 0 amide bonds. The van der Waals surface area contributed by atoms with Crippen molar-refractivity contribution < 1.29 is 14.6 Å². The van der Waals surface area contributed by atoms with Gasteiger partial charge in [-0.25, -0.2) is 0 Å². The van der Waals surface area contributed by atoms with Crippen LogP contribution in [0, 0.1) is 0 Å². The van der Waals surface area contributed by atoms with E-state index in [1.165, 1.54) is 0 Å². The van der Waals surface area contributed by atoms with Gasteiger partial charge in [0.15, 0.2) is 0 Å². The lowest BCUT2D eigenvalue weighted by atomic mass is 9.98. The summed E-state index contributed by atoms with van der Waals surface area (Å²) in [6.45, 7) is 2.06. The number of hydrogen-bond donors (Lipinski definition) is 1. The van der Waals surface area contributed by atoms with Gasteiger partial charge in [0, 0.05) is 12.0 Å². The Balaban J connectivity index is 2.32. The molecule has 2 rings (SSSR count). The molecule has 3 heteroatoms. The maximum Gasteiger partial charge on any atom is 0.125 e. The molecule has 1 N–H and O–H groups in total. The Kier molecular flexibility index (Phi) is 2.82. The van der Waals surface area contributed by atoms with Crippen LogP contribution < -0.4 is 9.47 Å². The predicted octanol–water partition coefficient (Wildman–Crippen LogP) is 2.29. The Morgan fingerprint density at radius 3 is 3.00 bits per heavy atom. The molecule has 1 heterocycles. The summed E-state index contributed by atoms with van der Waals surface area (Å²) in [6, 6.07) is 5.55. The monoisotopic (exact) mass is 208 g/mol. The minimum atomic E-state index is -0.436. The zero-order chi connectivity index (χ0) is 10.8. The summed E-state index contributed by atoms with van der Waals surface area (Å²) < 4.78 is 10.9. The van der Waals surface area contributed by atoms with Crippen LogP contribution in [0.2, 0.25) is 0 Å². The highest BCUT2D eigenvalue weighted by atomic mass is 16.5. The molecule has 15 heavy (non-hydrogen) atoms. The summed E-state index contributed by atoms with van der Waals surface area (Å²) in [5, 5.41) is 9.95. The first-order valence-electron chi connectivity index (χ1n) is 5.27. The van der Waals surface area contributed by atoms with Gasteiger partial charge in [-0.15, -0.1) is 0 Å². The summed E-state index contributed by atoms with van der Waals surface area (Å²) in [4.78, 5) is 0. The van der Waals surface area contributed by atoms with E-state index in [2.05, 4.69) is 6.92 Å². The minimum Gasteiger partial charge on any atom is -0.497 e. The third-order valence-electron chi connectivity index (χ3n) is 2.81. The SMILES string of the molecule is CCC1C[C@H](O)c2cc(OC)ccc2O1. The van der Waals surface area contributed by atoms with Gasteiger partial charge in [-0.3, -0.25) is 0 Å². The van der Waals surface area contributed by atoms with E-state index in [1.54, 1.807) is 7.11 Å². The summed E-state index contributed by atoms with van der Waals surface area (Å²) in [6.07, 6.45) is 1.27. The van der Waals surface area contributed by atoms with Crippen LogP contribution in [-0.4, -0.2) is 18.3 Å². The summed E-state index contributed by atoms with van der Waals surface area (Å²) >= 11 is 0. The molecule has 0 spiro atoms. The molecule has 1 aliphatic rings. The van der Waals surface area contributed by atoms with Gasteiger partial charge in [-0.1, -0.05) is 6.92 Å². The molecule has 2 atom stereocenters. The Labute approximate surface area is 89.6 Å². The fourth-order valence-corrected chi connectivity index (χ4v) is 1.87. The van der Waals surface area contributed by atoms with Gasteiger partial charge in [0.1, 0.15) is 17.6 Å². The van der Waals surface area contributed by atoms with Crippen LogP contribution >= 0.6 is 0 Å². The van der Waals surface area contributed by atoms with E-state index in [9.17, 15) is 5.11 Å². The number of aliphatic hydroxyl groups excluding tert-OH is 1. The molecule has 1 unspecified atom stereocenters. The average molecular weight is 208 g/mol. The van der Waals surface area contributed by atoms with E-state index < -0.39 is 6.10 Å². The first kappa shape index (κ1) is 10.3. The van der Waals surface area contributed by atoms with Crippen molar-refractivity contribution in [2.75, 3.05) is 7.11 Å². The van der Waals surface area contributed by atoms with Gasteiger partial charge in [-0.05, 0) is 24.6 Å². The number of fused-ring (bicyclic) bond motifs is 1. The number of aliphatic hydroxyl groups is 1. The normalized spacial score (nSPS) is 24.2. The van der Waals surface area contributed by atoms with Crippen molar-refractivity contribution >= 4 is 0 Å². The molecule has 0 saturated carbocycles. The van der Waals surface area contributed by atoms with Gasteiger partial charge in [0.05, 0.1) is 13.2 Å². The van der Waals surface area contributed by atoms with Gasteiger partial charge in [-0.2, -0.15) is 0 Å². The lowest BCUT2D eigenvalue weighted by Gasteiger charge is -2.29. The highest BCUT2D eigenvalue weighted by molar-refractivity contribution is 5.42. The molecule has 82 valence electrons. The van der Waals surface area contributed by atoms with Crippen LogP contribution in [0.5, 0.6) is 11.5 Å². The third kappa shape index (κ3) is 1.92. The Hall–Kier alpha value is -1.22. The highest BCUT2D eigenvalue weighted by Crippen LogP contribution is 2.37. The van der Waals surface area contributed by atoms with Crippen molar-refractivity contribution in [3.8, 4) is 11.5 Å². The Morgan fingerprint density at radius 1 is 1.53 bits per heavy atom. The van der Waals surface area contributed by atoms with Crippen molar-refractivity contribution in [3.63, 3.8) is 0 Å². The molecule has 0 fully saturated rings. The lowest BCUT2D eigenvalue weighted by Crippen LogP contribution is -2.24. The first-order chi connectivity index (χ1) is 7.24. The Morgan fingerprint density at radius 2 is 2.33 bits per heavy atom. The molecule has 0 saturated heterocycles. The smallest absolute Gasteiger partial charge is 0.125 e. The Bertz CT molecular complexity index is 349. The number of ether oxygens (including phenoxy) is 2. The standard InChI is InChI=1S/C12H16O3/c1-3-8-7-11(13)10-6-9(14-2)4-5-12(10)15-8/h4-6,8,11,13H,3,7H2,1-2H3/t8?,11-/m0/s1. The van der Waals surface area contributed by atoms with Crippen LogP contribution in [0.1, 0.15) is 31.4 Å². The molecule has 0 aromatic heterocycles. The van der Waals surface area contributed by atoms with E-state index >= 15 is 0 Å². The van der Waals surface area contributed by atoms with Crippen molar-refractivity contribution in [1.29, 1.82) is 0 Å². The summed E-state index contributed by atoms with van der Waals surface area (Å²) in [5.74, 6) is 1.53. The van der Waals surface area contributed by atoms with Crippen LogP contribution in [0.25, 0.3) is 0 Å². The van der Waals surface area contributed by atoms with Crippen LogP contribution in [-0.2, 0) is 0 Å². The number of benzene rings is 1. The summed E-state index contributed by atoms with van der Waals surface area (Å²) in [7, 11) is 1.62. The number of rotatable bonds is 2. The molecule has 1 aliphatic heterocycles. The molecular weight excluding hydrogens is 192 g/mol. The quantitative estimate of drug-likeness (QED) is 0.810. The van der Waals surface area contributed by atoms with Crippen LogP contribution in [0.15, 0.2) is 18.2 Å². The molecule has 1 aromatic rings. The van der Waals surface area contributed by atoms with Crippen molar-refractivity contribution in [2.45, 2.75) is 32.0 Å². The van der Waals surface area contributed by atoms with E-state index in [0.717, 1.165) is 23.5 Å². The zero-order valence-electron chi connectivity index (χ0n) is 9.06. The van der Waals surface area contributed by atoms with E-state index in [-0.39, 0.29) is 6.10 Å². The zero-order valence-corrected chi connectivity index (χ0v) is 9.06. The van der Waals surface area contributed by atoms with Gasteiger partial charge < -0.3 is 14.6 Å². The van der Waals surface area contributed by atoms with Crippen LogP contribution in [0.3, 0.4) is 0 Å². The lowest BCUT2D eigenvalue weighted by molar-refractivity contribution is 0.0640. The van der Waals surface area contributed by atoms with E-state index in [4.69, 9.17) is 9.47 Å². The fraction of sp³-hybridized carbons (Fsp3) is 0.500. The van der Waals surface area contributed by atoms with E-state index in [1.807, 2.05) is 18.2 Å². The molecule has 1 aromatic carbocycles. The molecular formula is C12H16O3. The molecule has 3 nitrogen and oxygen atoms in total. The van der Waals surface area contributed by atoms with Gasteiger partial charge in [0.2, 0.25) is 0 Å². The molecule has 0 bridgehead atoms. The second-order valence-electron chi connectivity index (χ2n) is 3.80. The highest BCUT2D eigenvalue weighted by Gasteiger charge is 2.25. The van der Waals surface area contributed by atoms with Gasteiger partial charge >= 0.3 is 0 Å². The molecule has 0 aliphatic carbocycles.